The number of nitrogens with zero attached hydrogens (tertiary/aromatic N) is 1. The second-order valence-corrected chi connectivity index (χ2v) is 3.81. The van der Waals surface area contributed by atoms with Crippen molar-refractivity contribution in [2.75, 3.05) is 25.0 Å². The zero-order chi connectivity index (χ0) is 14.8. The summed E-state index contributed by atoms with van der Waals surface area (Å²) in [4.78, 5) is 15.7. The number of aliphatic imine (C=N–C) groups is 1. The molecule has 0 saturated carbocycles. The Hall–Kier alpha value is -1.82. The van der Waals surface area contributed by atoms with Crippen molar-refractivity contribution in [2.24, 2.45) is 4.99 Å². The first-order valence-electron chi connectivity index (χ1n) is 6.16. The van der Waals surface area contributed by atoms with Crippen LogP contribution in [0.5, 0.6) is 0 Å². The molecule has 0 aliphatic rings. The highest BCUT2D eigenvalue weighted by atomic mass is 127. The summed E-state index contributed by atoms with van der Waals surface area (Å²) in [6.45, 7) is 2.84. The Kier molecular flexibility index (Phi) is 9.96. The molecule has 1 aromatic rings. The summed E-state index contributed by atoms with van der Waals surface area (Å²) in [5, 5.41) is 8.44. The van der Waals surface area contributed by atoms with Crippen molar-refractivity contribution in [2.45, 2.75) is 6.92 Å². The number of benzene rings is 1. The standard InChI is InChI=1S/C14H17FN4O.HI/c1-3-9-17-14(16-4-2)18-10-13(20)19-12-7-5-11(15)6-8-12;/h1,5-8H,4,9-10H2,2H3,(H,19,20)(H2,16,17,18);1H. The molecule has 0 unspecified atom stereocenters. The fourth-order valence-corrected chi connectivity index (χ4v) is 1.36. The molecule has 0 radical (unpaired) electrons. The number of guanidine groups is 1. The van der Waals surface area contributed by atoms with Crippen molar-refractivity contribution < 1.29 is 9.18 Å². The lowest BCUT2D eigenvalue weighted by Crippen LogP contribution is -2.38. The first-order chi connectivity index (χ1) is 9.65. The van der Waals surface area contributed by atoms with Gasteiger partial charge in [0, 0.05) is 12.2 Å². The maximum atomic E-state index is 12.7. The number of anilines is 1. The van der Waals surface area contributed by atoms with Crippen LogP contribution >= 0.6 is 24.0 Å². The lowest BCUT2D eigenvalue weighted by atomic mass is 10.3. The molecule has 5 nitrogen and oxygen atoms in total. The molecule has 0 bridgehead atoms. The number of carbonyl (C=O) groups is 1. The number of hydrogen-bond acceptors (Lipinski definition) is 2. The molecule has 114 valence electrons. The Balaban J connectivity index is 0.00000400. The minimum atomic E-state index is -0.353. The van der Waals surface area contributed by atoms with Gasteiger partial charge in [-0.3, -0.25) is 4.79 Å². The normalized spacial score (nSPS) is 10.0. The summed E-state index contributed by atoms with van der Waals surface area (Å²) in [5.74, 6) is 2.24. The fourth-order valence-electron chi connectivity index (χ4n) is 1.36. The van der Waals surface area contributed by atoms with Gasteiger partial charge in [0.05, 0.1) is 6.54 Å². The summed E-state index contributed by atoms with van der Waals surface area (Å²) in [6, 6.07) is 5.52. The Morgan fingerprint density at radius 3 is 2.57 bits per heavy atom. The molecule has 1 rings (SSSR count). The molecule has 3 N–H and O–H groups in total. The van der Waals surface area contributed by atoms with Gasteiger partial charge in [-0.1, -0.05) is 5.92 Å². The van der Waals surface area contributed by atoms with E-state index in [1.807, 2.05) is 6.92 Å². The van der Waals surface area contributed by atoms with E-state index >= 15 is 0 Å². The molecule has 0 saturated heterocycles. The number of rotatable bonds is 5. The molecule has 1 amide bonds. The number of carbonyl (C=O) groups excluding carboxylic acids is 1. The predicted molar refractivity (Wildman–Crippen MR) is 93.3 cm³/mol. The van der Waals surface area contributed by atoms with Crippen LogP contribution in [0.3, 0.4) is 0 Å². The Labute approximate surface area is 140 Å². The van der Waals surface area contributed by atoms with Crippen molar-refractivity contribution in [3.63, 3.8) is 0 Å². The number of nitrogens with one attached hydrogen (secondary N) is 3. The molecule has 1 aromatic carbocycles. The van der Waals surface area contributed by atoms with E-state index in [-0.39, 0.29) is 42.2 Å². The maximum absolute atomic E-state index is 12.7. The first-order valence-corrected chi connectivity index (χ1v) is 6.16. The van der Waals surface area contributed by atoms with Crippen LogP contribution < -0.4 is 16.0 Å². The number of terminal acetylenes is 1. The molecular weight excluding hydrogens is 386 g/mol. The number of halogens is 2. The van der Waals surface area contributed by atoms with Gasteiger partial charge in [0.2, 0.25) is 5.91 Å². The van der Waals surface area contributed by atoms with Crippen molar-refractivity contribution in [1.29, 1.82) is 0 Å². The van der Waals surface area contributed by atoms with E-state index < -0.39 is 0 Å². The number of amides is 1. The Bertz CT molecular complexity index is 511. The molecule has 7 heteroatoms. The summed E-state index contributed by atoms with van der Waals surface area (Å²) in [5.41, 5.74) is 0.521. The topological polar surface area (TPSA) is 65.5 Å². The second kappa shape index (κ2) is 10.9. The van der Waals surface area contributed by atoms with Crippen molar-refractivity contribution in [1.82, 2.24) is 10.6 Å². The quantitative estimate of drug-likeness (QED) is 0.302. The molecular formula is C14H18FIN4O. The molecule has 0 aliphatic carbocycles. The van der Waals surface area contributed by atoms with Crippen LogP contribution in [-0.4, -0.2) is 31.5 Å². The highest BCUT2D eigenvalue weighted by Crippen LogP contribution is 2.07. The van der Waals surface area contributed by atoms with E-state index in [1.165, 1.54) is 24.3 Å². The van der Waals surface area contributed by atoms with Gasteiger partial charge in [-0.05, 0) is 31.2 Å². The zero-order valence-corrected chi connectivity index (χ0v) is 14.0. The summed E-state index contributed by atoms with van der Waals surface area (Å²) in [6.07, 6.45) is 5.14. The minimum absolute atomic E-state index is 0. The monoisotopic (exact) mass is 404 g/mol. The second-order valence-electron chi connectivity index (χ2n) is 3.81. The van der Waals surface area contributed by atoms with Gasteiger partial charge in [-0.25, -0.2) is 9.38 Å². The third-order valence-electron chi connectivity index (χ3n) is 2.21. The molecule has 0 atom stereocenters. The van der Waals surface area contributed by atoms with Crippen LogP contribution in [0.1, 0.15) is 6.92 Å². The average Bonchev–Trinajstić information content (AvgIpc) is 2.44. The molecule has 0 aliphatic heterocycles. The third kappa shape index (κ3) is 8.14. The van der Waals surface area contributed by atoms with E-state index in [0.29, 0.717) is 24.7 Å². The van der Waals surface area contributed by atoms with Crippen LogP contribution in [0.25, 0.3) is 0 Å². The summed E-state index contributed by atoms with van der Waals surface area (Å²) < 4.78 is 12.7. The lowest BCUT2D eigenvalue weighted by molar-refractivity contribution is -0.114. The zero-order valence-electron chi connectivity index (χ0n) is 11.6. The smallest absolute Gasteiger partial charge is 0.246 e. The summed E-state index contributed by atoms with van der Waals surface area (Å²) >= 11 is 0. The molecule has 0 aromatic heterocycles. The van der Waals surface area contributed by atoms with Gasteiger partial charge in [0.1, 0.15) is 12.4 Å². The average molecular weight is 404 g/mol. The molecule has 0 fully saturated rings. The molecule has 0 heterocycles. The van der Waals surface area contributed by atoms with Crippen molar-refractivity contribution in [3.05, 3.63) is 30.1 Å². The largest absolute Gasteiger partial charge is 0.357 e. The highest BCUT2D eigenvalue weighted by Gasteiger charge is 2.02. The molecule has 21 heavy (non-hydrogen) atoms. The van der Waals surface area contributed by atoms with Gasteiger partial charge < -0.3 is 16.0 Å². The van der Waals surface area contributed by atoms with Crippen LogP contribution in [0.2, 0.25) is 0 Å². The van der Waals surface area contributed by atoms with E-state index in [1.54, 1.807) is 0 Å². The Morgan fingerprint density at radius 1 is 1.33 bits per heavy atom. The van der Waals surface area contributed by atoms with Crippen LogP contribution in [0, 0.1) is 18.2 Å². The van der Waals surface area contributed by atoms with Gasteiger partial charge in [-0.2, -0.15) is 0 Å². The lowest BCUT2D eigenvalue weighted by Gasteiger charge is -2.09. The summed E-state index contributed by atoms with van der Waals surface area (Å²) in [7, 11) is 0. The van der Waals surface area contributed by atoms with Gasteiger partial charge in [-0.15, -0.1) is 30.4 Å². The van der Waals surface area contributed by atoms with Crippen LogP contribution in [0.4, 0.5) is 10.1 Å². The van der Waals surface area contributed by atoms with E-state index in [2.05, 4.69) is 26.9 Å². The SMILES string of the molecule is C#CCNC(=NCC(=O)Nc1ccc(F)cc1)NCC.I. The minimum Gasteiger partial charge on any atom is -0.357 e. The third-order valence-corrected chi connectivity index (χ3v) is 2.21. The van der Waals surface area contributed by atoms with Gasteiger partial charge in [0.15, 0.2) is 5.96 Å². The first kappa shape index (κ1) is 19.2. The molecule has 0 spiro atoms. The van der Waals surface area contributed by atoms with Crippen molar-refractivity contribution in [3.8, 4) is 12.3 Å². The predicted octanol–water partition coefficient (Wildman–Crippen LogP) is 1.57. The maximum Gasteiger partial charge on any atom is 0.246 e. The van der Waals surface area contributed by atoms with Gasteiger partial charge >= 0.3 is 0 Å². The van der Waals surface area contributed by atoms with Crippen LogP contribution in [-0.2, 0) is 4.79 Å². The highest BCUT2D eigenvalue weighted by molar-refractivity contribution is 14.0. The van der Waals surface area contributed by atoms with Crippen LogP contribution in [0.15, 0.2) is 29.3 Å². The van der Waals surface area contributed by atoms with Crippen molar-refractivity contribution >= 4 is 41.5 Å². The van der Waals surface area contributed by atoms with E-state index in [4.69, 9.17) is 6.42 Å². The van der Waals surface area contributed by atoms with E-state index in [0.717, 1.165) is 0 Å². The Morgan fingerprint density at radius 2 is 2.00 bits per heavy atom. The number of hydrogen-bond donors (Lipinski definition) is 3. The van der Waals surface area contributed by atoms with E-state index in [9.17, 15) is 9.18 Å². The fraction of sp³-hybridized carbons (Fsp3) is 0.286. The van der Waals surface area contributed by atoms with Gasteiger partial charge in [0.25, 0.3) is 0 Å².